The first-order valence-electron chi connectivity index (χ1n) is 7.00. The second-order valence-corrected chi connectivity index (χ2v) is 5.89. The first-order valence-corrected chi connectivity index (χ1v) is 7.88. The molecule has 0 bridgehead atoms. The number of hydrogen-bond acceptors (Lipinski definition) is 6. The SMILES string of the molecule is O=C(CCc1nc(Cc2cccs2)no1)N1CCOCC1. The minimum atomic E-state index is 0.122. The Morgan fingerprint density at radius 1 is 1.38 bits per heavy atom. The maximum atomic E-state index is 12.0. The standard InChI is InChI=1S/C14H17N3O3S/c18-14(17-5-7-19-8-6-17)4-3-13-15-12(16-20-13)10-11-2-1-9-21-11/h1-2,9H,3-8,10H2. The van der Waals surface area contributed by atoms with Crippen molar-refractivity contribution in [2.24, 2.45) is 0 Å². The number of amides is 1. The van der Waals surface area contributed by atoms with Crippen LogP contribution in [-0.2, 0) is 22.4 Å². The van der Waals surface area contributed by atoms with Crippen molar-refractivity contribution in [2.75, 3.05) is 26.3 Å². The van der Waals surface area contributed by atoms with Gasteiger partial charge >= 0.3 is 0 Å². The molecule has 2 aromatic heterocycles. The van der Waals surface area contributed by atoms with E-state index < -0.39 is 0 Å². The van der Waals surface area contributed by atoms with E-state index in [1.54, 1.807) is 11.3 Å². The lowest BCUT2D eigenvalue weighted by atomic mass is 10.2. The number of aromatic nitrogens is 2. The van der Waals surface area contributed by atoms with Gasteiger partial charge in [0.05, 0.1) is 13.2 Å². The van der Waals surface area contributed by atoms with E-state index in [1.807, 2.05) is 22.4 Å². The lowest BCUT2D eigenvalue weighted by Gasteiger charge is -2.26. The molecule has 0 radical (unpaired) electrons. The monoisotopic (exact) mass is 307 g/mol. The van der Waals surface area contributed by atoms with Crippen LogP contribution in [0.1, 0.15) is 23.0 Å². The lowest BCUT2D eigenvalue weighted by molar-refractivity contribution is -0.135. The summed E-state index contributed by atoms with van der Waals surface area (Å²) in [7, 11) is 0. The minimum absolute atomic E-state index is 0.122. The molecule has 0 N–H and O–H groups in total. The van der Waals surface area contributed by atoms with Gasteiger partial charge in [-0.2, -0.15) is 4.98 Å². The Bertz CT molecular complexity index is 576. The molecule has 0 spiro atoms. The van der Waals surface area contributed by atoms with Crippen LogP contribution in [-0.4, -0.2) is 47.3 Å². The molecule has 3 rings (SSSR count). The molecule has 0 saturated carbocycles. The summed E-state index contributed by atoms with van der Waals surface area (Å²) >= 11 is 1.67. The zero-order valence-electron chi connectivity index (χ0n) is 11.7. The van der Waals surface area contributed by atoms with Crippen molar-refractivity contribution in [3.05, 3.63) is 34.1 Å². The Morgan fingerprint density at radius 2 is 2.24 bits per heavy atom. The molecule has 0 aromatic carbocycles. The molecule has 2 aromatic rings. The Balaban J connectivity index is 1.49. The van der Waals surface area contributed by atoms with E-state index in [2.05, 4.69) is 10.1 Å². The van der Waals surface area contributed by atoms with Crippen LogP contribution in [0.25, 0.3) is 0 Å². The van der Waals surface area contributed by atoms with Crippen LogP contribution in [0, 0.1) is 0 Å². The fourth-order valence-electron chi connectivity index (χ4n) is 2.22. The first-order chi connectivity index (χ1) is 10.3. The number of carbonyl (C=O) groups is 1. The summed E-state index contributed by atoms with van der Waals surface area (Å²) in [6.45, 7) is 2.59. The lowest BCUT2D eigenvalue weighted by Crippen LogP contribution is -2.40. The first kappa shape index (κ1) is 14.2. The molecule has 3 heterocycles. The van der Waals surface area contributed by atoms with Gasteiger partial charge in [0.25, 0.3) is 0 Å². The van der Waals surface area contributed by atoms with Crippen molar-refractivity contribution < 1.29 is 14.1 Å². The van der Waals surface area contributed by atoms with Gasteiger partial charge in [-0.25, -0.2) is 0 Å². The third-order valence-corrected chi connectivity index (χ3v) is 4.22. The highest BCUT2D eigenvalue weighted by atomic mass is 32.1. The number of aryl methyl sites for hydroxylation is 1. The van der Waals surface area contributed by atoms with Gasteiger partial charge in [0.1, 0.15) is 0 Å². The number of morpholine rings is 1. The number of carbonyl (C=O) groups excluding carboxylic acids is 1. The Labute approximate surface area is 126 Å². The average molecular weight is 307 g/mol. The van der Waals surface area contributed by atoms with Crippen LogP contribution < -0.4 is 0 Å². The molecule has 1 saturated heterocycles. The van der Waals surface area contributed by atoms with E-state index in [4.69, 9.17) is 9.26 Å². The molecule has 1 aliphatic heterocycles. The predicted octanol–water partition coefficient (Wildman–Crippen LogP) is 1.51. The quantitative estimate of drug-likeness (QED) is 0.837. The molecule has 112 valence electrons. The molecule has 6 nitrogen and oxygen atoms in total. The molecule has 1 aliphatic rings. The van der Waals surface area contributed by atoms with Gasteiger partial charge in [0.2, 0.25) is 11.8 Å². The second kappa shape index (κ2) is 6.82. The minimum Gasteiger partial charge on any atom is -0.378 e. The molecule has 1 amide bonds. The molecular weight excluding hydrogens is 290 g/mol. The fourth-order valence-corrected chi connectivity index (χ4v) is 2.92. The molecule has 21 heavy (non-hydrogen) atoms. The van der Waals surface area contributed by atoms with E-state index >= 15 is 0 Å². The van der Waals surface area contributed by atoms with Gasteiger partial charge in [0.15, 0.2) is 5.82 Å². The Morgan fingerprint density at radius 3 is 3.00 bits per heavy atom. The zero-order valence-corrected chi connectivity index (χ0v) is 12.5. The molecule has 1 fully saturated rings. The van der Waals surface area contributed by atoms with Gasteiger partial charge < -0.3 is 14.2 Å². The van der Waals surface area contributed by atoms with Crippen LogP contribution in [0.2, 0.25) is 0 Å². The van der Waals surface area contributed by atoms with Crippen molar-refractivity contribution in [2.45, 2.75) is 19.3 Å². The van der Waals surface area contributed by atoms with Gasteiger partial charge in [0, 0.05) is 37.2 Å². The van der Waals surface area contributed by atoms with Gasteiger partial charge in [-0.15, -0.1) is 11.3 Å². The highest BCUT2D eigenvalue weighted by Crippen LogP contribution is 2.13. The molecular formula is C14H17N3O3S. The summed E-state index contributed by atoms with van der Waals surface area (Å²) in [6.07, 6.45) is 1.58. The van der Waals surface area contributed by atoms with Gasteiger partial charge in [-0.1, -0.05) is 11.2 Å². The van der Waals surface area contributed by atoms with Crippen LogP contribution in [0.4, 0.5) is 0 Å². The maximum absolute atomic E-state index is 12.0. The van der Waals surface area contributed by atoms with Crippen LogP contribution in [0.3, 0.4) is 0 Å². The van der Waals surface area contributed by atoms with Crippen molar-refractivity contribution >= 4 is 17.2 Å². The summed E-state index contributed by atoms with van der Waals surface area (Å²) in [5.41, 5.74) is 0. The highest BCUT2D eigenvalue weighted by Gasteiger charge is 2.17. The second-order valence-electron chi connectivity index (χ2n) is 4.85. The van der Waals surface area contributed by atoms with Crippen LogP contribution >= 0.6 is 11.3 Å². The summed E-state index contributed by atoms with van der Waals surface area (Å²) in [5.74, 6) is 1.32. The van der Waals surface area contributed by atoms with Crippen molar-refractivity contribution in [3.8, 4) is 0 Å². The zero-order chi connectivity index (χ0) is 14.5. The Hall–Kier alpha value is -1.73. The third-order valence-electron chi connectivity index (χ3n) is 3.34. The molecule has 0 atom stereocenters. The topological polar surface area (TPSA) is 68.5 Å². The van der Waals surface area contributed by atoms with Crippen molar-refractivity contribution in [1.29, 1.82) is 0 Å². The molecule has 0 aliphatic carbocycles. The van der Waals surface area contributed by atoms with Crippen LogP contribution in [0.5, 0.6) is 0 Å². The number of rotatable bonds is 5. The van der Waals surface area contributed by atoms with Gasteiger partial charge in [-0.3, -0.25) is 4.79 Å². The number of thiophene rings is 1. The average Bonchev–Trinajstić information content (AvgIpc) is 3.18. The summed E-state index contributed by atoms with van der Waals surface area (Å²) in [6, 6.07) is 4.05. The predicted molar refractivity (Wildman–Crippen MR) is 77.1 cm³/mol. The van der Waals surface area contributed by atoms with E-state index in [9.17, 15) is 4.79 Å². The van der Waals surface area contributed by atoms with E-state index in [-0.39, 0.29) is 5.91 Å². The number of ether oxygens (including phenoxy) is 1. The fraction of sp³-hybridized carbons (Fsp3) is 0.500. The Kier molecular flexibility index (Phi) is 4.62. The van der Waals surface area contributed by atoms with Crippen molar-refractivity contribution in [1.82, 2.24) is 15.0 Å². The summed E-state index contributed by atoms with van der Waals surface area (Å²) in [4.78, 5) is 19.4. The van der Waals surface area contributed by atoms with E-state index in [1.165, 1.54) is 4.88 Å². The maximum Gasteiger partial charge on any atom is 0.227 e. The molecule has 7 heteroatoms. The number of nitrogens with zero attached hydrogens (tertiary/aromatic N) is 3. The highest BCUT2D eigenvalue weighted by molar-refractivity contribution is 7.09. The largest absolute Gasteiger partial charge is 0.378 e. The normalized spacial score (nSPS) is 15.3. The van der Waals surface area contributed by atoms with E-state index in [0.717, 1.165) is 0 Å². The smallest absolute Gasteiger partial charge is 0.227 e. The molecule has 0 unspecified atom stereocenters. The van der Waals surface area contributed by atoms with E-state index in [0.29, 0.717) is 57.3 Å². The summed E-state index contributed by atoms with van der Waals surface area (Å²) in [5, 5.41) is 5.98. The van der Waals surface area contributed by atoms with Crippen LogP contribution in [0.15, 0.2) is 22.0 Å². The summed E-state index contributed by atoms with van der Waals surface area (Å²) < 4.78 is 10.4. The van der Waals surface area contributed by atoms with Gasteiger partial charge in [-0.05, 0) is 11.4 Å². The number of hydrogen-bond donors (Lipinski definition) is 0. The third kappa shape index (κ3) is 3.89. The van der Waals surface area contributed by atoms with Crippen molar-refractivity contribution in [3.63, 3.8) is 0 Å².